The summed E-state index contributed by atoms with van der Waals surface area (Å²) in [5, 5.41) is 10.7. The summed E-state index contributed by atoms with van der Waals surface area (Å²) in [7, 11) is 0. The van der Waals surface area contributed by atoms with Gasteiger partial charge < -0.3 is 5.11 Å². The molecule has 1 aromatic carbocycles. The van der Waals surface area contributed by atoms with Crippen molar-refractivity contribution < 1.29 is 22.7 Å². The third-order valence-electron chi connectivity index (χ3n) is 4.47. The van der Waals surface area contributed by atoms with Crippen LogP contribution < -0.4 is 0 Å². The molecule has 0 heterocycles. The average Bonchev–Trinajstić information content (AvgIpc) is 2.48. The Morgan fingerprint density at radius 3 is 2.29 bits per heavy atom. The molecule has 1 unspecified atom stereocenters. The minimum Gasteiger partial charge on any atom is -0.385 e. The fourth-order valence-corrected chi connectivity index (χ4v) is 2.98. The van der Waals surface area contributed by atoms with Crippen LogP contribution in [0.25, 0.3) is 0 Å². The molecule has 0 radical (unpaired) electrons. The molecule has 1 aromatic rings. The molecule has 1 N–H and O–H groups in total. The monoisotopic (exact) mass is 304 g/mol. The van der Waals surface area contributed by atoms with Crippen molar-refractivity contribution >= 4 is 0 Å². The summed E-state index contributed by atoms with van der Waals surface area (Å²) in [6.45, 7) is 4.21. The molecule has 0 saturated heterocycles. The Labute approximate surface area is 122 Å². The SMILES string of the molecule is CC1(C)CCCC(O)(c2ccc(C(F)(F)F)c(F)c2)CC1. The van der Waals surface area contributed by atoms with E-state index in [2.05, 4.69) is 13.8 Å². The second kappa shape index (κ2) is 5.27. The van der Waals surface area contributed by atoms with Gasteiger partial charge in [-0.25, -0.2) is 4.39 Å². The summed E-state index contributed by atoms with van der Waals surface area (Å²) in [6, 6.07) is 2.75. The number of hydrogen-bond donors (Lipinski definition) is 1. The minimum atomic E-state index is -4.71. The van der Waals surface area contributed by atoms with Crippen LogP contribution in [0.5, 0.6) is 0 Å². The van der Waals surface area contributed by atoms with Crippen LogP contribution in [0.3, 0.4) is 0 Å². The third-order valence-corrected chi connectivity index (χ3v) is 4.47. The predicted octanol–water partition coefficient (Wildman–Crippen LogP) is 5.02. The molecular formula is C16H20F4O. The molecule has 0 amide bonds. The van der Waals surface area contributed by atoms with Crippen LogP contribution in [0.2, 0.25) is 0 Å². The summed E-state index contributed by atoms with van der Waals surface area (Å²) in [5.74, 6) is -1.32. The highest BCUT2D eigenvalue weighted by molar-refractivity contribution is 5.30. The summed E-state index contributed by atoms with van der Waals surface area (Å²) >= 11 is 0. The molecule has 0 bridgehead atoms. The highest BCUT2D eigenvalue weighted by Gasteiger charge is 2.38. The van der Waals surface area contributed by atoms with E-state index in [0.717, 1.165) is 31.4 Å². The van der Waals surface area contributed by atoms with E-state index in [1.165, 1.54) is 6.07 Å². The first-order valence-electron chi connectivity index (χ1n) is 7.13. The van der Waals surface area contributed by atoms with E-state index < -0.39 is 23.2 Å². The van der Waals surface area contributed by atoms with Gasteiger partial charge in [-0.05, 0) is 55.2 Å². The van der Waals surface area contributed by atoms with Gasteiger partial charge in [0.15, 0.2) is 0 Å². The van der Waals surface area contributed by atoms with E-state index >= 15 is 0 Å². The van der Waals surface area contributed by atoms with Crippen LogP contribution in [0.1, 0.15) is 57.1 Å². The van der Waals surface area contributed by atoms with Crippen LogP contribution in [0.15, 0.2) is 18.2 Å². The summed E-state index contributed by atoms with van der Waals surface area (Å²) < 4.78 is 51.4. The van der Waals surface area contributed by atoms with Crippen molar-refractivity contribution in [2.24, 2.45) is 5.41 Å². The maximum absolute atomic E-state index is 13.7. The fraction of sp³-hybridized carbons (Fsp3) is 0.625. The van der Waals surface area contributed by atoms with Gasteiger partial charge >= 0.3 is 6.18 Å². The number of hydrogen-bond acceptors (Lipinski definition) is 1. The van der Waals surface area contributed by atoms with Crippen molar-refractivity contribution in [1.29, 1.82) is 0 Å². The van der Waals surface area contributed by atoms with Crippen molar-refractivity contribution in [2.45, 2.75) is 57.7 Å². The number of halogens is 4. The van der Waals surface area contributed by atoms with Gasteiger partial charge in [0.2, 0.25) is 0 Å². The van der Waals surface area contributed by atoms with Gasteiger partial charge in [0.05, 0.1) is 11.2 Å². The summed E-state index contributed by atoms with van der Waals surface area (Å²) in [4.78, 5) is 0. The number of benzene rings is 1. The van der Waals surface area contributed by atoms with Crippen LogP contribution in [-0.2, 0) is 11.8 Å². The molecule has 21 heavy (non-hydrogen) atoms. The maximum Gasteiger partial charge on any atom is 0.419 e. The summed E-state index contributed by atoms with van der Waals surface area (Å²) in [5.41, 5.74) is -2.19. The smallest absolute Gasteiger partial charge is 0.385 e. The molecule has 1 fully saturated rings. The molecule has 5 heteroatoms. The average molecular weight is 304 g/mol. The fourth-order valence-electron chi connectivity index (χ4n) is 2.98. The van der Waals surface area contributed by atoms with E-state index in [9.17, 15) is 22.7 Å². The van der Waals surface area contributed by atoms with Crippen molar-refractivity contribution in [3.8, 4) is 0 Å². The Hall–Kier alpha value is -1.10. The number of rotatable bonds is 1. The van der Waals surface area contributed by atoms with Gasteiger partial charge in [-0.15, -0.1) is 0 Å². The normalized spacial score (nSPS) is 26.4. The molecule has 2 rings (SSSR count). The lowest BCUT2D eigenvalue weighted by atomic mass is 9.82. The predicted molar refractivity (Wildman–Crippen MR) is 72.2 cm³/mol. The first-order chi connectivity index (χ1) is 9.54. The van der Waals surface area contributed by atoms with Gasteiger partial charge in [-0.2, -0.15) is 13.2 Å². The van der Waals surface area contributed by atoms with Crippen LogP contribution in [0.4, 0.5) is 17.6 Å². The van der Waals surface area contributed by atoms with Crippen LogP contribution in [-0.4, -0.2) is 5.11 Å². The molecule has 1 aliphatic carbocycles. The van der Waals surface area contributed by atoms with E-state index in [1.54, 1.807) is 0 Å². The standard InChI is InChI=1S/C16H20F4O/c1-14(2)6-3-7-15(21,9-8-14)11-4-5-12(13(17)10-11)16(18,19)20/h4-5,10,21H,3,6-9H2,1-2H3. The van der Waals surface area contributed by atoms with Crippen molar-refractivity contribution in [2.75, 3.05) is 0 Å². The maximum atomic E-state index is 13.7. The van der Waals surface area contributed by atoms with Crippen molar-refractivity contribution in [1.82, 2.24) is 0 Å². The van der Waals surface area contributed by atoms with Gasteiger partial charge in [0, 0.05) is 0 Å². The second-order valence-corrected chi connectivity index (χ2v) is 6.74. The molecule has 1 aliphatic rings. The van der Waals surface area contributed by atoms with E-state index in [4.69, 9.17) is 0 Å². The Morgan fingerprint density at radius 2 is 1.71 bits per heavy atom. The minimum absolute atomic E-state index is 0.0922. The molecular weight excluding hydrogens is 284 g/mol. The second-order valence-electron chi connectivity index (χ2n) is 6.74. The first kappa shape index (κ1) is 16.3. The van der Waals surface area contributed by atoms with Gasteiger partial charge in [-0.1, -0.05) is 19.9 Å². The Morgan fingerprint density at radius 1 is 1.05 bits per heavy atom. The lowest BCUT2D eigenvalue weighted by molar-refractivity contribution is -0.140. The zero-order chi connectivity index (χ0) is 15.9. The Kier molecular flexibility index (Phi) is 4.08. The lowest BCUT2D eigenvalue weighted by Crippen LogP contribution is -2.26. The zero-order valence-corrected chi connectivity index (χ0v) is 12.2. The molecule has 0 spiro atoms. The van der Waals surface area contributed by atoms with Gasteiger partial charge in [-0.3, -0.25) is 0 Å². The van der Waals surface area contributed by atoms with E-state index in [-0.39, 0.29) is 11.0 Å². The van der Waals surface area contributed by atoms with Crippen LogP contribution >= 0.6 is 0 Å². The number of alkyl halides is 3. The molecule has 1 nitrogen and oxygen atoms in total. The van der Waals surface area contributed by atoms with Gasteiger partial charge in [0.1, 0.15) is 5.82 Å². The van der Waals surface area contributed by atoms with Crippen molar-refractivity contribution in [3.05, 3.63) is 35.1 Å². The summed E-state index contributed by atoms with van der Waals surface area (Å²) in [6.07, 6.45) is -1.36. The highest BCUT2D eigenvalue weighted by atomic mass is 19.4. The van der Waals surface area contributed by atoms with E-state index in [0.29, 0.717) is 12.8 Å². The number of aliphatic hydroxyl groups is 1. The topological polar surface area (TPSA) is 20.2 Å². The van der Waals surface area contributed by atoms with E-state index in [1.807, 2.05) is 0 Å². The Bertz CT molecular complexity index is 521. The Balaban J connectivity index is 2.31. The van der Waals surface area contributed by atoms with Gasteiger partial charge in [0.25, 0.3) is 0 Å². The molecule has 1 saturated carbocycles. The molecule has 0 aromatic heterocycles. The molecule has 1 atom stereocenters. The largest absolute Gasteiger partial charge is 0.419 e. The van der Waals surface area contributed by atoms with Crippen molar-refractivity contribution in [3.63, 3.8) is 0 Å². The zero-order valence-electron chi connectivity index (χ0n) is 12.2. The third kappa shape index (κ3) is 3.57. The quantitative estimate of drug-likeness (QED) is 0.570. The lowest BCUT2D eigenvalue weighted by Gasteiger charge is -2.29. The highest BCUT2D eigenvalue weighted by Crippen LogP contribution is 2.43. The molecule has 118 valence electrons. The molecule has 0 aliphatic heterocycles. The van der Waals surface area contributed by atoms with Crippen LogP contribution in [0, 0.1) is 11.2 Å². The first-order valence-corrected chi connectivity index (χ1v) is 7.13.